The first kappa shape index (κ1) is 18.3. The van der Waals surface area contributed by atoms with Crippen LogP contribution in [0.4, 0.5) is 5.13 Å². The van der Waals surface area contributed by atoms with Crippen LogP contribution in [0.15, 0.2) is 34.1 Å². The number of halogens is 1. The summed E-state index contributed by atoms with van der Waals surface area (Å²) in [7, 11) is 0. The third-order valence-electron chi connectivity index (χ3n) is 5.11. The second-order valence-corrected chi connectivity index (χ2v) is 8.63. The van der Waals surface area contributed by atoms with E-state index in [0.717, 1.165) is 46.3 Å². The van der Waals surface area contributed by atoms with Crippen molar-refractivity contribution in [2.45, 2.75) is 25.7 Å². The van der Waals surface area contributed by atoms with Gasteiger partial charge in [-0.2, -0.15) is 0 Å². The van der Waals surface area contributed by atoms with Gasteiger partial charge in [0.25, 0.3) is 0 Å². The number of carbonyl (C=O) groups is 3. The zero-order valence-electron chi connectivity index (χ0n) is 14.5. The standard InChI is InChI=1S/C19H18BrN3O3S/c20-12-5-3-4-11(8-12)15-10-27-19(21-15)22-16(24)9-23-17(25)13-6-1-2-7-14(13)18(23)26/h3-5,8,10,13-14H,1-2,6-7,9H2,(H,21,22,24)/t13-,14-/m1/s1. The highest BCUT2D eigenvalue weighted by Gasteiger charge is 2.48. The normalized spacial score (nSPS) is 22.0. The van der Waals surface area contributed by atoms with Crippen molar-refractivity contribution in [1.82, 2.24) is 9.88 Å². The van der Waals surface area contributed by atoms with Crippen LogP contribution in [0, 0.1) is 11.8 Å². The van der Waals surface area contributed by atoms with Gasteiger partial charge in [0, 0.05) is 15.4 Å². The Morgan fingerprint density at radius 2 is 1.93 bits per heavy atom. The number of nitrogens with one attached hydrogen (secondary N) is 1. The Labute approximate surface area is 169 Å². The maximum Gasteiger partial charge on any atom is 0.246 e. The molecule has 0 bridgehead atoms. The van der Waals surface area contributed by atoms with Crippen molar-refractivity contribution in [3.05, 3.63) is 34.1 Å². The lowest BCUT2D eigenvalue weighted by atomic mass is 9.81. The van der Waals surface area contributed by atoms with E-state index in [1.54, 1.807) is 0 Å². The number of benzene rings is 1. The third-order valence-corrected chi connectivity index (χ3v) is 6.36. The van der Waals surface area contributed by atoms with Gasteiger partial charge in [0.15, 0.2) is 5.13 Å². The highest BCUT2D eigenvalue weighted by Crippen LogP contribution is 2.38. The first-order valence-corrected chi connectivity index (χ1v) is 10.6. The molecule has 2 fully saturated rings. The largest absolute Gasteiger partial charge is 0.300 e. The number of aromatic nitrogens is 1. The molecule has 6 nitrogen and oxygen atoms in total. The molecule has 3 amide bonds. The number of thiazole rings is 1. The molecule has 1 aliphatic carbocycles. The average Bonchev–Trinajstić information content (AvgIpc) is 3.21. The zero-order valence-corrected chi connectivity index (χ0v) is 16.9. The predicted molar refractivity (Wildman–Crippen MR) is 106 cm³/mol. The molecule has 2 aromatic rings. The summed E-state index contributed by atoms with van der Waals surface area (Å²) in [5.41, 5.74) is 1.70. The summed E-state index contributed by atoms with van der Waals surface area (Å²) >= 11 is 4.74. The number of carbonyl (C=O) groups excluding carboxylic acids is 3. The number of nitrogens with zero attached hydrogens (tertiary/aromatic N) is 2. The molecule has 27 heavy (non-hydrogen) atoms. The van der Waals surface area contributed by atoms with E-state index in [0.29, 0.717) is 5.13 Å². The number of amides is 3. The van der Waals surface area contributed by atoms with Crippen molar-refractivity contribution >= 4 is 50.1 Å². The van der Waals surface area contributed by atoms with E-state index in [4.69, 9.17) is 0 Å². The minimum atomic E-state index is -0.398. The topological polar surface area (TPSA) is 79.4 Å². The number of anilines is 1. The van der Waals surface area contributed by atoms with Crippen molar-refractivity contribution in [3.63, 3.8) is 0 Å². The maximum absolute atomic E-state index is 12.5. The second-order valence-electron chi connectivity index (χ2n) is 6.86. The fourth-order valence-corrected chi connectivity index (χ4v) is 4.94. The summed E-state index contributed by atoms with van der Waals surface area (Å²) in [6.07, 6.45) is 3.43. The smallest absolute Gasteiger partial charge is 0.246 e. The molecule has 1 aromatic heterocycles. The van der Waals surface area contributed by atoms with Crippen LogP contribution < -0.4 is 5.32 Å². The molecule has 140 valence electrons. The zero-order chi connectivity index (χ0) is 19.0. The van der Waals surface area contributed by atoms with E-state index in [2.05, 4.69) is 26.2 Å². The van der Waals surface area contributed by atoms with Gasteiger partial charge < -0.3 is 5.32 Å². The Balaban J connectivity index is 1.41. The highest BCUT2D eigenvalue weighted by atomic mass is 79.9. The second kappa shape index (κ2) is 7.52. The minimum Gasteiger partial charge on any atom is -0.300 e. The summed E-state index contributed by atoms with van der Waals surface area (Å²) in [6.45, 7) is -0.240. The van der Waals surface area contributed by atoms with Gasteiger partial charge in [0.1, 0.15) is 6.54 Å². The predicted octanol–water partition coefficient (Wildman–Crippen LogP) is 3.69. The van der Waals surface area contributed by atoms with Crippen molar-refractivity contribution in [3.8, 4) is 11.3 Å². The van der Waals surface area contributed by atoms with Gasteiger partial charge in [-0.15, -0.1) is 11.3 Å². The van der Waals surface area contributed by atoms with E-state index < -0.39 is 5.91 Å². The average molecular weight is 448 g/mol. The van der Waals surface area contributed by atoms with Gasteiger partial charge in [-0.3, -0.25) is 19.3 Å². The first-order chi connectivity index (χ1) is 13.0. The maximum atomic E-state index is 12.5. The molecular formula is C19H18BrN3O3S. The molecule has 1 saturated heterocycles. The molecule has 8 heteroatoms. The number of hydrogen-bond acceptors (Lipinski definition) is 5. The van der Waals surface area contributed by atoms with E-state index in [1.807, 2.05) is 29.6 Å². The van der Waals surface area contributed by atoms with E-state index in [1.165, 1.54) is 11.3 Å². The van der Waals surface area contributed by atoms with Crippen molar-refractivity contribution in [1.29, 1.82) is 0 Å². The van der Waals surface area contributed by atoms with Gasteiger partial charge in [0.05, 0.1) is 17.5 Å². The van der Waals surface area contributed by atoms with E-state index in [-0.39, 0.29) is 30.2 Å². The van der Waals surface area contributed by atoms with Crippen LogP contribution in [0.25, 0.3) is 11.3 Å². The molecule has 2 aliphatic rings. The van der Waals surface area contributed by atoms with Crippen LogP contribution in [0.3, 0.4) is 0 Å². The Kier molecular flexibility index (Phi) is 5.10. The first-order valence-electron chi connectivity index (χ1n) is 8.89. The highest BCUT2D eigenvalue weighted by molar-refractivity contribution is 9.10. The number of rotatable bonds is 4. The Bertz CT molecular complexity index is 889. The molecule has 0 radical (unpaired) electrons. The van der Waals surface area contributed by atoms with Gasteiger partial charge >= 0.3 is 0 Å². The molecular weight excluding hydrogens is 430 g/mol. The van der Waals surface area contributed by atoms with Crippen molar-refractivity contribution < 1.29 is 14.4 Å². The molecule has 1 aromatic carbocycles. The van der Waals surface area contributed by atoms with Crippen LogP contribution in [0.2, 0.25) is 0 Å². The number of imide groups is 1. The number of likely N-dealkylation sites (tertiary alicyclic amines) is 1. The van der Waals surface area contributed by atoms with Crippen LogP contribution in [0.5, 0.6) is 0 Å². The van der Waals surface area contributed by atoms with Crippen LogP contribution in [-0.2, 0) is 14.4 Å². The van der Waals surface area contributed by atoms with Gasteiger partial charge in [0.2, 0.25) is 17.7 Å². The fourth-order valence-electron chi connectivity index (χ4n) is 3.80. The van der Waals surface area contributed by atoms with Gasteiger partial charge in [-0.1, -0.05) is 40.9 Å². The van der Waals surface area contributed by atoms with Crippen LogP contribution in [0.1, 0.15) is 25.7 Å². The number of hydrogen-bond donors (Lipinski definition) is 1. The molecule has 1 aliphatic heterocycles. The Morgan fingerprint density at radius 1 is 1.22 bits per heavy atom. The molecule has 2 atom stereocenters. The lowest BCUT2D eigenvalue weighted by molar-refractivity contribution is -0.142. The van der Waals surface area contributed by atoms with Crippen LogP contribution >= 0.6 is 27.3 Å². The molecule has 0 unspecified atom stereocenters. The van der Waals surface area contributed by atoms with Crippen molar-refractivity contribution in [2.24, 2.45) is 11.8 Å². The SMILES string of the molecule is O=C(CN1C(=O)[C@@H]2CCCC[C@H]2C1=O)Nc1nc(-c2cccc(Br)c2)cs1. The van der Waals surface area contributed by atoms with Gasteiger partial charge in [-0.25, -0.2) is 4.98 Å². The van der Waals surface area contributed by atoms with Crippen molar-refractivity contribution in [2.75, 3.05) is 11.9 Å². The van der Waals surface area contributed by atoms with Crippen LogP contribution in [-0.4, -0.2) is 34.2 Å². The van der Waals surface area contributed by atoms with E-state index >= 15 is 0 Å². The Morgan fingerprint density at radius 3 is 2.59 bits per heavy atom. The summed E-state index contributed by atoms with van der Waals surface area (Å²) < 4.78 is 0.950. The molecule has 0 spiro atoms. The molecule has 4 rings (SSSR count). The summed E-state index contributed by atoms with van der Waals surface area (Å²) in [4.78, 5) is 42.8. The summed E-state index contributed by atoms with van der Waals surface area (Å²) in [5.74, 6) is -1.27. The molecule has 2 heterocycles. The van der Waals surface area contributed by atoms with E-state index in [9.17, 15) is 14.4 Å². The fraction of sp³-hybridized carbons (Fsp3) is 0.368. The number of fused-ring (bicyclic) bond motifs is 1. The quantitative estimate of drug-likeness (QED) is 0.724. The summed E-state index contributed by atoms with van der Waals surface area (Å²) in [5, 5.41) is 5.02. The summed E-state index contributed by atoms with van der Waals surface area (Å²) in [6, 6.07) is 7.74. The van der Waals surface area contributed by atoms with Gasteiger partial charge in [-0.05, 0) is 25.0 Å². The molecule has 1 saturated carbocycles. The minimum absolute atomic E-state index is 0.200. The monoisotopic (exact) mass is 447 g/mol. The lowest BCUT2D eigenvalue weighted by Gasteiger charge is -2.19. The third kappa shape index (κ3) is 3.68. The Hall–Kier alpha value is -2.06. The lowest BCUT2D eigenvalue weighted by Crippen LogP contribution is -2.38. The molecule has 1 N–H and O–H groups in total.